The van der Waals surface area contributed by atoms with E-state index in [2.05, 4.69) is 6.92 Å². The van der Waals surface area contributed by atoms with Crippen molar-refractivity contribution in [3.05, 3.63) is 18.2 Å². The van der Waals surface area contributed by atoms with Crippen molar-refractivity contribution in [2.45, 2.75) is 39.2 Å². The number of aryl methyl sites for hydroxylation is 1. The van der Waals surface area contributed by atoms with E-state index in [9.17, 15) is 9.90 Å². The predicted octanol–water partition coefficient (Wildman–Crippen LogP) is -0.205. The van der Waals surface area contributed by atoms with E-state index in [1.807, 2.05) is 17.8 Å². The van der Waals surface area contributed by atoms with Crippen LogP contribution in [-0.4, -0.2) is 10.5 Å². The van der Waals surface area contributed by atoms with Gasteiger partial charge in [0.15, 0.2) is 0 Å². The molecule has 1 aromatic heterocycles. The summed E-state index contributed by atoms with van der Waals surface area (Å²) >= 11 is 0. The minimum atomic E-state index is -1.04. The summed E-state index contributed by atoms with van der Waals surface area (Å²) in [5.41, 5.74) is 0. The number of carbonyl (C=O) groups excluding carboxylic acids is 1. The van der Waals surface area contributed by atoms with Gasteiger partial charge in [-0.1, -0.05) is 19.8 Å². The normalized spacial score (nSPS) is 10.5. The van der Waals surface area contributed by atoms with Gasteiger partial charge in [0.2, 0.25) is 0 Å². The highest BCUT2D eigenvalue weighted by molar-refractivity contribution is 5.64. The Labute approximate surface area is 90.2 Å². The van der Waals surface area contributed by atoms with E-state index in [0.717, 1.165) is 18.7 Å². The van der Waals surface area contributed by atoms with Crippen LogP contribution in [0.3, 0.4) is 0 Å². The van der Waals surface area contributed by atoms with Crippen LogP contribution < -0.4 is 9.67 Å². The first-order valence-electron chi connectivity index (χ1n) is 5.38. The molecule has 0 aliphatic heterocycles. The maximum Gasteiger partial charge on any atom is 0.256 e. The maximum absolute atomic E-state index is 10.5. The number of imidazole rings is 1. The first kappa shape index (κ1) is 11.8. The number of carboxylic acids is 1. The quantitative estimate of drug-likeness (QED) is 0.482. The number of hydrogen-bond donors (Lipinski definition) is 0. The van der Waals surface area contributed by atoms with Gasteiger partial charge in [-0.05, 0) is 6.42 Å². The average molecular weight is 210 g/mol. The van der Waals surface area contributed by atoms with Crippen LogP contribution in [0.4, 0.5) is 0 Å². The largest absolute Gasteiger partial charge is 0.546 e. The Morgan fingerprint density at radius 1 is 1.53 bits per heavy atom. The number of carbonyl (C=O) groups is 1. The third-order valence-corrected chi connectivity index (χ3v) is 2.51. The Bertz CT molecular complexity index is 331. The molecule has 1 heterocycles. The molecule has 0 N–H and O–H groups in total. The third kappa shape index (κ3) is 3.38. The zero-order valence-electron chi connectivity index (χ0n) is 9.40. The number of rotatable bonds is 6. The first-order valence-corrected chi connectivity index (χ1v) is 5.38. The molecule has 0 saturated heterocycles. The van der Waals surface area contributed by atoms with Crippen LogP contribution in [0.5, 0.6) is 0 Å². The predicted molar refractivity (Wildman–Crippen MR) is 53.8 cm³/mol. The Balaban J connectivity index is 2.66. The monoisotopic (exact) mass is 210 g/mol. The van der Waals surface area contributed by atoms with Crippen molar-refractivity contribution in [3.8, 4) is 0 Å². The van der Waals surface area contributed by atoms with Gasteiger partial charge in [-0.3, -0.25) is 0 Å². The lowest BCUT2D eigenvalue weighted by Gasteiger charge is -2.03. The topological polar surface area (TPSA) is 48.9 Å². The molecular weight excluding hydrogens is 192 g/mol. The molecule has 0 amide bonds. The second-order valence-electron chi connectivity index (χ2n) is 3.78. The summed E-state index contributed by atoms with van der Waals surface area (Å²) in [5, 5.41) is 10.5. The SMILES string of the molecule is CCCCCc1n(CC(=O)[O-])cc[n+]1C. The highest BCUT2D eigenvalue weighted by Gasteiger charge is 2.13. The number of hydrogen-bond acceptors (Lipinski definition) is 2. The molecule has 0 atom stereocenters. The van der Waals surface area contributed by atoms with E-state index in [4.69, 9.17) is 0 Å². The number of unbranched alkanes of at least 4 members (excludes halogenated alkanes) is 2. The molecule has 0 spiro atoms. The summed E-state index contributed by atoms with van der Waals surface area (Å²) < 4.78 is 3.71. The fourth-order valence-corrected chi connectivity index (χ4v) is 1.69. The van der Waals surface area contributed by atoms with Crippen molar-refractivity contribution in [1.82, 2.24) is 4.57 Å². The van der Waals surface area contributed by atoms with Crippen LogP contribution >= 0.6 is 0 Å². The molecule has 4 nitrogen and oxygen atoms in total. The van der Waals surface area contributed by atoms with E-state index < -0.39 is 5.97 Å². The molecule has 1 aromatic rings. The summed E-state index contributed by atoms with van der Waals surface area (Å²) in [7, 11) is 1.94. The number of nitrogens with zero attached hydrogens (tertiary/aromatic N) is 2. The minimum absolute atomic E-state index is 0.0533. The van der Waals surface area contributed by atoms with Crippen molar-refractivity contribution < 1.29 is 14.5 Å². The molecule has 0 saturated carbocycles. The Morgan fingerprint density at radius 2 is 2.27 bits per heavy atom. The highest BCUT2D eigenvalue weighted by Crippen LogP contribution is 2.03. The summed E-state index contributed by atoms with van der Waals surface area (Å²) in [5.74, 6) is 0.00981. The van der Waals surface area contributed by atoms with Gasteiger partial charge in [-0.2, -0.15) is 0 Å². The fraction of sp³-hybridized carbons (Fsp3) is 0.636. The zero-order chi connectivity index (χ0) is 11.3. The van der Waals surface area contributed by atoms with Crippen LogP contribution in [0.25, 0.3) is 0 Å². The average Bonchev–Trinajstić information content (AvgIpc) is 2.49. The van der Waals surface area contributed by atoms with Crippen LogP contribution in [0.1, 0.15) is 32.0 Å². The smallest absolute Gasteiger partial charge is 0.256 e. The van der Waals surface area contributed by atoms with E-state index in [1.54, 1.807) is 10.8 Å². The van der Waals surface area contributed by atoms with Gasteiger partial charge in [0.1, 0.15) is 18.9 Å². The standard InChI is InChI=1S/C11H18N2O2/c1-3-4-5-6-10-12(2)7-8-13(10)9-11(14)15/h7-8H,3-6,9H2,1-2H3. The maximum atomic E-state index is 10.5. The third-order valence-electron chi connectivity index (χ3n) is 2.51. The summed E-state index contributed by atoms with van der Waals surface area (Å²) in [6, 6.07) is 0. The van der Waals surface area contributed by atoms with Crippen LogP contribution in [0.15, 0.2) is 12.4 Å². The fourth-order valence-electron chi connectivity index (χ4n) is 1.69. The van der Waals surface area contributed by atoms with Gasteiger partial charge in [0, 0.05) is 6.42 Å². The second-order valence-corrected chi connectivity index (χ2v) is 3.78. The van der Waals surface area contributed by atoms with Gasteiger partial charge in [-0.25, -0.2) is 9.13 Å². The lowest BCUT2D eigenvalue weighted by molar-refractivity contribution is -0.678. The van der Waals surface area contributed by atoms with E-state index in [0.29, 0.717) is 0 Å². The first-order chi connectivity index (χ1) is 7.15. The molecule has 0 aliphatic rings. The van der Waals surface area contributed by atoms with E-state index in [1.165, 1.54) is 12.8 Å². The van der Waals surface area contributed by atoms with Crippen LogP contribution in [0.2, 0.25) is 0 Å². The Kier molecular flexibility index (Phi) is 4.34. The van der Waals surface area contributed by atoms with Gasteiger partial charge in [-0.15, -0.1) is 0 Å². The van der Waals surface area contributed by atoms with Crippen molar-refractivity contribution in [3.63, 3.8) is 0 Å². The molecule has 0 aliphatic carbocycles. The van der Waals surface area contributed by atoms with Gasteiger partial charge in [0.25, 0.3) is 5.82 Å². The van der Waals surface area contributed by atoms with Crippen molar-refractivity contribution in [2.24, 2.45) is 7.05 Å². The number of aromatic nitrogens is 2. The molecule has 0 radical (unpaired) electrons. The Hall–Kier alpha value is -1.32. The highest BCUT2D eigenvalue weighted by atomic mass is 16.4. The van der Waals surface area contributed by atoms with Gasteiger partial charge in [0.05, 0.1) is 13.0 Å². The Morgan fingerprint density at radius 3 is 2.87 bits per heavy atom. The van der Waals surface area contributed by atoms with Crippen LogP contribution in [-0.2, 0) is 24.8 Å². The molecule has 84 valence electrons. The summed E-state index contributed by atoms with van der Waals surface area (Å²) in [4.78, 5) is 10.5. The zero-order valence-corrected chi connectivity index (χ0v) is 9.40. The van der Waals surface area contributed by atoms with E-state index >= 15 is 0 Å². The molecular formula is C11H18N2O2. The van der Waals surface area contributed by atoms with Gasteiger partial charge < -0.3 is 9.90 Å². The molecule has 0 fully saturated rings. The lowest BCUT2D eigenvalue weighted by Crippen LogP contribution is -2.34. The van der Waals surface area contributed by atoms with Crippen molar-refractivity contribution in [1.29, 1.82) is 0 Å². The molecule has 4 heteroatoms. The molecule has 0 unspecified atom stereocenters. The second kappa shape index (κ2) is 5.53. The molecule has 0 aromatic carbocycles. The molecule has 0 bridgehead atoms. The lowest BCUT2D eigenvalue weighted by atomic mass is 10.2. The van der Waals surface area contributed by atoms with Crippen molar-refractivity contribution >= 4 is 5.97 Å². The number of carboxylic acid groups (broad SMARTS) is 1. The molecule has 15 heavy (non-hydrogen) atoms. The minimum Gasteiger partial charge on any atom is -0.546 e. The van der Waals surface area contributed by atoms with Crippen LogP contribution in [0, 0.1) is 0 Å². The summed E-state index contributed by atoms with van der Waals surface area (Å²) in [6.45, 7) is 2.10. The number of aliphatic carboxylic acids is 1. The molecule has 1 rings (SSSR count). The van der Waals surface area contributed by atoms with Gasteiger partial charge >= 0.3 is 0 Å². The summed E-state index contributed by atoms with van der Waals surface area (Å²) in [6.07, 6.45) is 8.04. The van der Waals surface area contributed by atoms with E-state index in [-0.39, 0.29) is 6.54 Å². The van der Waals surface area contributed by atoms with Crippen molar-refractivity contribution in [2.75, 3.05) is 0 Å².